The number of sulfonamides is 1. The Kier molecular flexibility index (Phi) is 10.6. The lowest BCUT2D eigenvalue weighted by Gasteiger charge is -2.32. The molecule has 214 valence electrons. The van der Waals surface area contributed by atoms with E-state index in [1.54, 1.807) is 80.8 Å². The molecule has 3 aromatic carbocycles. The first kappa shape index (κ1) is 30.5. The molecule has 1 N–H and O–H groups in total. The number of hydrogen-bond donors (Lipinski definition) is 1. The van der Waals surface area contributed by atoms with E-state index in [2.05, 4.69) is 5.32 Å². The summed E-state index contributed by atoms with van der Waals surface area (Å²) in [5.41, 5.74) is 1.02. The smallest absolute Gasteiger partial charge is 0.264 e. The van der Waals surface area contributed by atoms with Gasteiger partial charge in [0.25, 0.3) is 10.0 Å². The summed E-state index contributed by atoms with van der Waals surface area (Å²) in [6.07, 6.45) is 0.726. The number of methoxy groups -OCH3 is 2. The topological polar surface area (TPSA) is 105 Å². The number of nitrogens with zero attached hydrogens (tertiary/aromatic N) is 2. The normalized spacial score (nSPS) is 12.6. The minimum atomic E-state index is -4.15. The number of amides is 2. The molecule has 3 aromatic rings. The number of hydrogen-bond acceptors (Lipinski definition) is 6. The van der Waals surface area contributed by atoms with Crippen LogP contribution >= 0.6 is 0 Å². The predicted octanol–water partition coefficient (Wildman–Crippen LogP) is 4.23. The summed E-state index contributed by atoms with van der Waals surface area (Å²) < 4.78 is 39.3. The summed E-state index contributed by atoms with van der Waals surface area (Å²) in [5, 5.41) is 2.92. The molecule has 2 amide bonds. The van der Waals surface area contributed by atoms with Gasteiger partial charge in [-0.15, -0.1) is 0 Å². The third-order valence-electron chi connectivity index (χ3n) is 6.63. The van der Waals surface area contributed by atoms with Crippen molar-refractivity contribution >= 4 is 27.5 Å². The Morgan fingerprint density at radius 2 is 1.52 bits per heavy atom. The first-order chi connectivity index (χ1) is 19.1. The molecule has 0 bridgehead atoms. The molecule has 0 radical (unpaired) electrons. The van der Waals surface area contributed by atoms with Gasteiger partial charge in [0.1, 0.15) is 24.1 Å². The van der Waals surface area contributed by atoms with Gasteiger partial charge < -0.3 is 19.7 Å². The Morgan fingerprint density at radius 3 is 2.12 bits per heavy atom. The molecule has 40 heavy (non-hydrogen) atoms. The number of rotatable bonds is 13. The minimum Gasteiger partial charge on any atom is -0.497 e. The fourth-order valence-corrected chi connectivity index (χ4v) is 5.42. The van der Waals surface area contributed by atoms with Crippen LogP contribution in [0.2, 0.25) is 0 Å². The number of nitrogens with one attached hydrogen (secondary N) is 1. The molecule has 0 aromatic heterocycles. The Hall–Kier alpha value is -4.05. The molecule has 2 atom stereocenters. The van der Waals surface area contributed by atoms with Crippen LogP contribution in [0.4, 0.5) is 5.69 Å². The average Bonchev–Trinajstić information content (AvgIpc) is 2.98. The van der Waals surface area contributed by atoms with Crippen LogP contribution in [-0.2, 0) is 26.2 Å². The van der Waals surface area contributed by atoms with Crippen LogP contribution < -0.4 is 19.1 Å². The van der Waals surface area contributed by atoms with Crippen molar-refractivity contribution in [1.29, 1.82) is 0 Å². The van der Waals surface area contributed by atoms with Gasteiger partial charge in [-0.1, -0.05) is 43.3 Å². The van der Waals surface area contributed by atoms with Gasteiger partial charge in [0, 0.05) is 18.7 Å². The second-order valence-corrected chi connectivity index (χ2v) is 11.3. The van der Waals surface area contributed by atoms with Gasteiger partial charge in [0.05, 0.1) is 24.8 Å². The maximum Gasteiger partial charge on any atom is 0.264 e. The SMILES string of the molecule is CC[C@H](C)NC(=O)[C@@H](C)N(Cc1ccc(OC)cc1)C(=O)CN(c1cccc(OC)c1)S(=O)(=O)c1ccccc1. The molecule has 0 aliphatic heterocycles. The van der Waals surface area contributed by atoms with Crippen molar-refractivity contribution in [1.82, 2.24) is 10.2 Å². The van der Waals surface area contributed by atoms with Gasteiger partial charge >= 0.3 is 0 Å². The Bertz CT molecular complexity index is 1380. The van der Waals surface area contributed by atoms with Gasteiger partial charge in [-0.05, 0) is 62.2 Å². The van der Waals surface area contributed by atoms with Crippen LogP contribution in [0.25, 0.3) is 0 Å². The lowest BCUT2D eigenvalue weighted by Crippen LogP contribution is -2.52. The number of carbonyl (C=O) groups excluding carboxylic acids is 2. The quantitative estimate of drug-likeness (QED) is 0.332. The van der Waals surface area contributed by atoms with Gasteiger partial charge in [-0.25, -0.2) is 8.42 Å². The summed E-state index contributed by atoms with van der Waals surface area (Å²) in [6, 6.07) is 20.6. The van der Waals surface area contributed by atoms with E-state index in [1.807, 2.05) is 13.8 Å². The van der Waals surface area contributed by atoms with Crippen molar-refractivity contribution in [2.24, 2.45) is 0 Å². The molecule has 0 aliphatic carbocycles. The molecule has 3 rings (SSSR count). The Morgan fingerprint density at radius 1 is 0.875 bits per heavy atom. The average molecular weight is 568 g/mol. The zero-order valence-electron chi connectivity index (χ0n) is 23.5. The highest BCUT2D eigenvalue weighted by atomic mass is 32.2. The number of carbonyl (C=O) groups is 2. The van der Waals surface area contributed by atoms with Crippen molar-refractivity contribution in [3.63, 3.8) is 0 Å². The minimum absolute atomic E-state index is 0.0369. The molecular weight excluding hydrogens is 530 g/mol. The summed E-state index contributed by atoms with van der Waals surface area (Å²) in [4.78, 5) is 28.5. The van der Waals surface area contributed by atoms with Crippen molar-refractivity contribution < 1.29 is 27.5 Å². The summed E-state index contributed by atoms with van der Waals surface area (Å²) >= 11 is 0. The molecule has 0 saturated carbocycles. The summed E-state index contributed by atoms with van der Waals surface area (Å²) in [7, 11) is -1.10. The van der Waals surface area contributed by atoms with Crippen LogP contribution in [0, 0.1) is 0 Å². The Balaban J connectivity index is 2.02. The zero-order valence-corrected chi connectivity index (χ0v) is 24.4. The van der Waals surface area contributed by atoms with Crippen molar-refractivity contribution in [3.05, 3.63) is 84.4 Å². The standard InChI is InChI=1S/C30H37N3O6S/c1-6-22(2)31-30(35)23(3)32(20-24-15-17-26(38-4)18-16-24)29(34)21-33(25-11-10-12-27(19-25)39-5)40(36,37)28-13-8-7-9-14-28/h7-19,22-23H,6,20-21H2,1-5H3,(H,31,35)/t22-,23+/m0/s1. The van der Waals surface area contributed by atoms with Gasteiger partial charge in [-0.2, -0.15) is 0 Å². The van der Waals surface area contributed by atoms with Crippen LogP contribution in [0.15, 0.2) is 83.8 Å². The highest BCUT2D eigenvalue weighted by Gasteiger charge is 2.33. The molecule has 0 saturated heterocycles. The molecule has 0 heterocycles. The fraction of sp³-hybridized carbons (Fsp3) is 0.333. The first-order valence-electron chi connectivity index (χ1n) is 13.0. The second kappa shape index (κ2) is 13.8. The van der Waals surface area contributed by atoms with Crippen molar-refractivity contribution in [2.75, 3.05) is 25.1 Å². The molecule has 9 nitrogen and oxygen atoms in total. The summed E-state index contributed by atoms with van der Waals surface area (Å²) in [5.74, 6) is 0.233. The van der Waals surface area contributed by atoms with Crippen LogP contribution in [0.5, 0.6) is 11.5 Å². The zero-order chi connectivity index (χ0) is 29.3. The van der Waals surface area contributed by atoms with E-state index < -0.39 is 28.5 Å². The van der Waals surface area contributed by atoms with Crippen molar-refractivity contribution in [3.8, 4) is 11.5 Å². The van der Waals surface area contributed by atoms with E-state index in [0.717, 1.165) is 16.3 Å². The van der Waals surface area contributed by atoms with Gasteiger partial charge in [0.15, 0.2) is 0 Å². The first-order valence-corrected chi connectivity index (χ1v) is 14.5. The monoisotopic (exact) mass is 567 g/mol. The van der Waals surface area contributed by atoms with Crippen molar-refractivity contribution in [2.45, 2.75) is 50.7 Å². The highest BCUT2D eigenvalue weighted by Crippen LogP contribution is 2.27. The van der Waals surface area contributed by atoms with Gasteiger partial charge in [0.2, 0.25) is 11.8 Å². The maximum absolute atomic E-state index is 14.0. The second-order valence-electron chi connectivity index (χ2n) is 9.39. The molecule has 0 fully saturated rings. The van der Waals surface area contributed by atoms with E-state index in [0.29, 0.717) is 11.5 Å². The number of ether oxygens (including phenoxy) is 2. The maximum atomic E-state index is 14.0. The lowest BCUT2D eigenvalue weighted by atomic mass is 10.1. The van der Waals surface area contributed by atoms with E-state index in [1.165, 1.54) is 24.1 Å². The molecule has 10 heteroatoms. The molecular formula is C30H37N3O6S. The molecule has 0 unspecified atom stereocenters. The van der Waals surface area contributed by atoms with E-state index in [-0.39, 0.29) is 29.1 Å². The predicted molar refractivity (Wildman–Crippen MR) is 155 cm³/mol. The number of anilines is 1. The Labute approximate surface area is 236 Å². The van der Waals surface area contributed by atoms with Gasteiger partial charge in [-0.3, -0.25) is 13.9 Å². The third kappa shape index (κ3) is 7.53. The van der Waals surface area contributed by atoms with E-state index in [4.69, 9.17) is 9.47 Å². The lowest BCUT2D eigenvalue weighted by molar-refractivity contribution is -0.139. The number of benzene rings is 3. The van der Waals surface area contributed by atoms with Crippen LogP contribution in [0.1, 0.15) is 32.8 Å². The van der Waals surface area contributed by atoms with E-state index in [9.17, 15) is 18.0 Å². The third-order valence-corrected chi connectivity index (χ3v) is 8.42. The summed E-state index contributed by atoms with van der Waals surface area (Å²) in [6.45, 7) is 5.05. The largest absolute Gasteiger partial charge is 0.497 e. The fourth-order valence-electron chi connectivity index (χ4n) is 3.99. The highest BCUT2D eigenvalue weighted by molar-refractivity contribution is 7.92. The molecule has 0 aliphatic rings. The van der Waals surface area contributed by atoms with Crippen LogP contribution in [-0.4, -0.2) is 58.0 Å². The van der Waals surface area contributed by atoms with E-state index >= 15 is 0 Å². The molecule has 0 spiro atoms. The van der Waals surface area contributed by atoms with Crippen LogP contribution in [0.3, 0.4) is 0 Å².